The number of ether oxygens (including phenoxy) is 2. The molecule has 34 heavy (non-hydrogen) atoms. The van der Waals surface area contributed by atoms with Crippen LogP contribution in [0.4, 0.5) is 5.95 Å². The Labute approximate surface area is 203 Å². The predicted octanol–water partition coefficient (Wildman–Crippen LogP) is 3.92. The average Bonchev–Trinajstić information content (AvgIpc) is 3.53. The van der Waals surface area contributed by atoms with Crippen molar-refractivity contribution < 1.29 is 14.3 Å². The van der Waals surface area contributed by atoms with Crippen LogP contribution in [0, 0.1) is 6.92 Å². The lowest BCUT2D eigenvalue weighted by atomic mass is 10.1. The molecule has 0 aliphatic carbocycles. The number of carbonyl (C=O) groups excluding carboxylic acids is 1. The lowest BCUT2D eigenvalue weighted by molar-refractivity contribution is -0.119. The van der Waals surface area contributed by atoms with Crippen LogP contribution >= 0.6 is 11.8 Å². The van der Waals surface area contributed by atoms with Crippen molar-refractivity contribution in [2.45, 2.75) is 37.9 Å². The zero-order valence-electron chi connectivity index (χ0n) is 19.5. The van der Waals surface area contributed by atoms with E-state index in [1.807, 2.05) is 25.1 Å². The van der Waals surface area contributed by atoms with E-state index in [0.717, 1.165) is 54.6 Å². The number of anilines is 1. The molecule has 3 aromatic rings. The number of hydrogen-bond acceptors (Lipinski definition) is 7. The van der Waals surface area contributed by atoms with Gasteiger partial charge in [-0.2, -0.15) is 0 Å². The number of carbonyl (C=O) groups is 1. The highest BCUT2D eigenvalue weighted by Crippen LogP contribution is 2.33. The van der Waals surface area contributed by atoms with Gasteiger partial charge in [-0.05, 0) is 56.5 Å². The maximum Gasteiger partial charge on any atom is 0.232 e. The van der Waals surface area contributed by atoms with Crippen LogP contribution in [0.15, 0.2) is 47.6 Å². The average molecular weight is 480 g/mol. The largest absolute Gasteiger partial charge is 0.486 e. The summed E-state index contributed by atoms with van der Waals surface area (Å²) in [6, 6.07) is 14.0. The van der Waals surface area contributed by atoms with Crippen LogP contribution < -0.4 is 19.7 Å². The summed E-state index contributed by atoms with van der Waals surface area (Å²) in [6.07, 6.45) is 2.31. The van der Waals surface area contributed by atoms with Crippen molar-refractivity contribution in [3.63, 3.8) is 0 Å². The molecule has 0 saturated carbocycles. The van der Waals surface area contributed by atoms with Crippen molar-refractivity contribution in [1.82, 2.24) is 20.1 Å². The number of thioether (sulfide) groups is 1. The first-order valence-corrected chi connectivity index (χ1v) is 12.7. The Bertz CT molecular complexity index is 1160. The molecule has 2 aliphatic rings. The maximum atomic E-state index is 12.8. The van der Waals surface area contributed by atoms with Gasteiger partial charge < -0.3 is 19.7 Å². The second-order valence-electron chi connectivity index (χ2n) is 8.63. The van der Waals surface area contributed by atoms with Crippen molar-refractivity contribution in [2.75, 3.05) is 37.0 Å². The van der Waals surface area contributed by atoms with E-state index in [4.69, 9.17) is 9.47 Å². The second kappa shape index (κ2) is 9.97. The molecule has 2 aromatic carbocycles. The number of nitrogens with zero attached hydrogens (tertiary/aromatic N) is 4. The molecule has 1 amide bonds. The lowest BCUT2D eigenvalue weighted by Gasteiger charge is -2.21. The quantitative estimate of drug-likeness (QED) is 0.515. The van der Waals surface area contributed by atoms with E-state index in [2.05, 4.69) is 56.2 Å². The molecule has 5 rings (SSSR count). The van der Waals surface area contributed by atoms with Gasteiger partial charge in [0, 0.05) is 13.1 Å². The zero-order chi connectivity index (χ0) is 23.5. The first-order valence-electron chi connectivity index (χ1n) is 11.7. The molecule has 0 bridgehead atoms. The van der Waals surface area contributed by atoms with Crippen LogP contribution in [0.3, 0.4) is 0 Å². The molecular formula is C25H29N5O3S. The minimum atomic E-state index is -0.154. The van der Waals surface area contributed by atoms with Gasteiger partial charge in [-0.1, -0.05) is 35.5 Å². The minimum Gasteiger partial charge on any atom is -0.486 e. The molecule has 1 aromatic heterocycles. The molecule has 178 valence electrons. The Morgan fingerprint density at radius 2 is 1.79 bits per heavy atom. The van der Waals surface area contributed by atoms with Gasteiger partial charge in [0.15, 0.2) is 16.7 Å². The Balaban J connectivity index is 1.28. The molecule has 1 saturated heterocycles. The van der Waals surface area contributed by atoms with Gasteiger partial charge in [0.05, 0.1) is 17.5 Å². The molecule has 1 N–H and O–H groups in total. The smallest absolute Gasteiger partial charge is 0.232 e. The number of nitrogens with one attached hydrogen (secondary N) is 1. The molecule has 1 fully saturated rings. The fourth-order valence-corrected chi connectivity index (χ4v) is 4.98. The Morgan fingerprint density at radius 1 is 1.06 bits per heavy atom. The molecule has 1 atom stereocenters. The van der Waals surface area contributed by atoms with Crippen molar-refractivity contribution >= 4 is 23.6 Å². The monoisotopic (exact) mass is 479 g/mol. The molecular weight excluding hydrogens is 450 g/mol. The van der Waals surface area contributed by atoms with E-state index in [9.17, 15) is 4.79 Å². The topological polar surface area (TPSA) is 81.5 Å². The molecule has 3 heterocycles. The highest BCUT2D eigenvalue weighted by Gasteiger charge is 2.23. The summed E-state index contributed by atoms with van der Waals surface area (Å²) < 4.78 is 13.3. The fourth-order valence-electron chi connectivity index (χ4n) is 4.22. The summed E-state index contributed by atoms with van der Waals surface area (Å²) in [5.41, 5.74) is 3.17. The van der Waals surface area contributed by atoms with Gasteiger partial charge in [0.25, 0.3) is 0 Å². The van der Waals surface area contributed by atoms with Gasteiger partial charge in [-0.3, -0.25) is 9.36 Å². The standard InChI is InChI=1S/C25H29N5O3S/c1-17-5-8-20(9-6-17)30-24(29-11-3-4-12-29)27-28-25(30)34-16-23(31)26-18(2)19-7-10-21-22(15-19)33-14-13-32-21/h5-10,15,18H,3-4,11-14,16H2,1-2H3,(H,26,31)/t18-/m1/s1. The number of rotatable bonds is 7. The number of amides is 1. The van der Waals surface area contributed by atoms with Gasteiger partial charge >= 0.3 is 0 Å². The van der Waals surface area contributed by atoms with Gasteiger partial charge in [0.2, 0.25) is 11.9 Å². The molecule has 2 aliphatic heterocycles. The Morgan fingerprint density at radius 3 is 2.56 bits per heavy atom. The lowest BCUT2D eigenvalue weighted by Crippen LogP contribution is -2.28. The second-order valence-corrected chi connectivity index (χ2v) is 9.57. The number of benzene rings is 2. The normalized spacial score (nSPS) is 15.9. The number of aryl methyl sites for hydroxylation is 1. The van der Waals surface area contributed by atoms with Crippen molar-refractivity contribution in [2.24, 2.45) is 0 Å². The van der Waals surface area contributed by atoms with Crippen LogP contribution in [-0.2, 0) is 4.79 Å². The third-order valence-electron chi connectivity index (χ3n) is 6.07. The maximum absolute atomic E-state index is 12.8. The van der Waals surface area contributed by atoms with Crippen LogP contribution in [0.1, 0.15) is 36.9 Å². The van der Waals surface area contributed by atoms with Crippen LogP contribution in [-0.4, -0.2) is 52.7 Å². The van der Waals surface area contributed by atoms with Crippen molar-refractivity contribution in [1.29, 1.82) is 0 Å². The zero-order valence-corrected chi connectivity index (χ0v) is 20.3. The molecule has 0 unspecified atom stereocenters. The molecule has 0 radical (unpaired) electrons. The SMILES string of the molecule is Cc1ccc(-n2c(SCC(=O)N[C@H](C)c3ccc4c(c3)OCCO4)nnc2N2CCCC2)cc1. The first-order chi connectivity index (χ1) is 16.6. The van der Waals surface area contributed by atoms with Crippen LogP contribution in [0.25, 0.3) is 5.69 Å². The van der Waals surface area contributed by atoms with Gasteiger partial charge in [-0.15, -0.1) is 10.2 Å². The summed E-state index contributed by atoms with van der Waals surface area (Å²) in [6.45, 7) is 7.08. The molecule has 9 heteroatoms. The third-order valence-corrected chi connectivity index (χ3v) is 7.00. The predicted molar refractivity (Wildman–Crippen MR) is 132 cm³/mol. The minimum absolute atomic E-state index is 0.0615. The number of fused-ring (bicyclic) bond motifs is 1. The summed E-state index contributed by atoms with van der Waals surface area (Å²) in [7, 11) is 0. The molecule has 8 nitrogen and oxygen atoms in total. The van der Waals surface area contributed by atoms with Crippen LogP contribution in [0.5, 0.6) is 11.5 Å². The van der Waals surface area contributed by atoms with E-state index in [-0.39, 0.29) is 17.7 Å². The molecule has 0 spiro atoms. The highest BCUT2D eigenvalue weighted by atomic mass is 32.2. The van der Waals surface area contributed by atoms with E-state index >= 15 is 0 Å². The van der Waals surface area contributed by atoms with E-state index in [1.165, 1.54) is 17.3 Å². The van der Waals surface area contributed by atoms with E-state index in [0.29, 0.717) is 18.4 Å². The third kappa shape index (κ3) is 4.84. The highest BCUT2D eigenvalue weighted by molar-refractivity contribution is 7.99. The van der Waals surface area contributed by atoms with E-state index in [1.54, 1.807) is 0 Å². The van der Waals surface area contributed by atoms with E-state index < -0.39 is 0 Å². The van der Waals surface area contributed by atoms with Crippen molar-refractivity contribution in [3.05, 3.63) is 53.6 Å². The van der Waals surface area contributed by atoms with Gasteiger partial charge in [-0.25, -0.2) is 0 Å². The summed E-state index contributed by atoms with van der Waals surface area (Å²) in [4.78, 5) is 15.1. The Hall–Kier alpha value is -3.20. The van der Waals surface area contributed by atoms with Crippen LogP contribution in [0.2, 0.25) is 0 Å². The number of aromatic nitrogens is 3. The van der Waals surface area contributed by atoms with Crippen molar-refractivity contribution in [3.8, 4) is 17.2 Å². The van der Waals surface area contributed by atoms with Gasteiger partial charge in [0.1, 0.15) is 13.2 Å². The first kappa shape index (κ1) is 22.6. The summed E-state index contributed by atoms with van der Waals surface area (Å²) in [5, 5.41) is 12.7. The summed E-state index contributed by atoms with van der Waals surface area (Å²) >= 11 is 1.40. The fraction of sp³-hybridized carbons (Fsp3) is 0.400. The number of hydrogen-bond donors (Lipinski definition) is 1. The summed E-state index contributed by atoms with van der Waals surface area (Å²) in [5.74, 6) is 2.49. The Kier molecular flexibility index (Phi) is 6.62.